The summed E-state index contributed by atoms with van der Waals surface area (Å²) in [6.45, 7) is 2.67. The average molecular weight is 656 g/mol. The predicted octanol–water partition coefficient (Wildman–Crippen LogP) is 5.04. The smallest absolute Gasteiger partial charge is 0.314 e. The second-order valence-electron chi connectivity index (χ2n) is 10.5. The summed E-state index contributed by atoms with van der Waals surface area (Å²) in [6.07, 6.45) is 7.27. The van der Waals surface area contributed by atoms with Crippen LogP contribution in [0.4, 0.5) is 4.79 Å². The molecule has 198 valence electrons. The van der Waals surface area contributed by atoms with E-state index in [1.807, 2.05) is 11.0 Å². The molecule has 1 atom stereocenters. The highest BCUT2D eigenvalue weighted by Gasteiger charge is 2.41. The highest BCUT2D eigenvalue weighted by atomic mass is 79.9. The third kappa shape index (κ3) is 5.64. The number of carbonyl (C=O) groups excluding carboxylic acids is 2. The zero-order valence-electron chi connectivity index (χ0n) is 20.6. The van der Waals surface area contributed by atoms with Crippen molar-refractivity contribution in [2.45, 2.75) is 50.9 Å². The Hall–Kier alpha value is -1.84. The van der Waals surface area contributed by atoms with E-state index < -0.39 is 0 Å². The van der Waals surface area contributed by atoms with Crippen LogP contribution < -0.4 is 10.5 Å². The molecule has 2 aliphatic heterocycles. The lowest BCUT2D eigenvalue weighted by Crippen LogP contribution is -2.45. The van der Waals surface area contributed by atoms with Crippen molar-refractivity contribution in [1.82, 2.24) is 9.80 Å². The fourth-order valence-electron chi connectivity index (χ4n) is 6.43. The number of aryl methyl sites for hydroxylation is 2. The Bertz CT molecular complexity index is 1150. The minimum Gasteiger partial charge on any atom is -0.351 e. The first-order valence-electron chi connectivity index (χ1n) is 12.9. The molecule has 0 bridgehead atoms. The number of halogens is 3. The lowest BCUT2D eigenvalue weighted by atomic mass is 9.76. The number of rotatable bonds is 3. The van der Waals surface area contributed by atoms with Crippen molar-refractivity contribution in [2.75, 3.05) is 26.2 Å². The number of fused-ring (bicyclic) bond motifs is 2. The molecule has 7 nitrogen and oxygen atoms in total. The molecular weight excluding hydrogens is 624 g/mol. The molecule has 2 fully saturated rings. The van der Waals surface area contributed by atoms with Crippen LogP contribution in [0.25, 0.3) is 0 Å². The Morgan fingerprint density at radius 1 is 1.00 bits per heavy atom. The van der Waals surface area contributed by atoms with E-state index in [-0.39, 0.29) is 23.8 Å². The van der Waals surface area contributed by atoms with Gasteiger partial charge < -0.3 is 15.5 Å². The molecule has 2 saturated heterocycles. The first-order chi connectivity index (χ1) is 17.7. The van der Waals surface area contributed by atoms with Gasteiger partial charge >= 0.3 is 6.03 Å². The lowest BCUT2D eigenvalue weighted by Gasteiger charge is -2.37. The minimum absolute atomic E-state index is 0.00683. The van der Waals surface area contributed by atoms with E-state index in [0.29, 0.717) is 43.5 Å². The van der Waals surface area contributed by atoms with Crippen LogP contribution in [0.1, 0.15) is 60.4 Å². The van der Waals surface area contributed by atoms with Crippen molar-refractivity contribution in [1.29, 1.82) is 0 Å². The van der Waals surface area contributed by atoms with Crippen LogP contribution in [0, 0.1) is 11.8 Å². The van der Waals surface area contributed by atoms with Gasteiger partial charge in [0.25, 0.3) is 0 Å². The summed E-state index contributed by atoms with van der Waals surface area (Å²) in [6, 6.07) is 5.73. The number of aromatic nitrogens is 1. The SMILES string of the molecule is NC(=O)N1CCC(CC(=O)N2CCC([C@H]3c4c(Br)cc(Cl)cc4CCc4cc(Br)c[n+](O)c43)CC2)CC1. The Morgan fingerprint density at radius 2 is 1.65 bits per heavy atom. The van der Waals surface area contributed by atoms with Gasteiger partial charge in [-0.2, -0.15) is 0 Å². The van der Waals surface area contributed by atoms with E-state index in [1.165, 1.54) is 15.9 Å². The van der Waals surface area contributed by atoms with Crippen LogP contribution in [0.5, 0.6) is 0 Å². The zero-order chi connectivity index (χ0) is 26.3. The summed E-state index contributed by atoms with van der Waals surface area (Å²) in [5, 5.41) is 11.8. The summed E-state index contributed by atoms with van der Waals surface area (Å²) in [4.78, 5) is 28.2. The Labute approximate surface area is 239 Å². The first-order valence-corrected chi connectivity index (χ1v) is 14.9. The van der Waals surface area contributed by atoms with Crippen LogP contribution in [0.15, 0.2) is 33.3 Å². The topological polar surface area (TPSA) is 90.8 Å². The van der Waals surface area contributed by atoms with Crippen molar-refractivity contribution < 1.29 is 19.5 Å². The maximum absolute atomic E-state index is 13.1. The van der Waals surface area contributed by atoms with Crippen molar-refractivity contribution in [3.05, 3.63) is 60.7 Å². The second-order valence-corrected chi connectivity index (χ2v) is 12.7. The molecule has 5 rings (SSSR count). The molecule has 0 unspecified atom stereocenters. The summed E-state index contributed by atoms with van der Waals surface area (Å²) >= 11 is 13.8. The molecule has 1 aliphatic carbocycles. The van der Waals surface area contributed by atoms with Gasteiger partial charge in [-0.3, -0.25) is 10.0 Å². The normalized spacial score (nSPS) is 20.8. The number of likely N-dealkylation sites (tertiary alicyclic amines) is 2. The van der Waals surface area contributed by atoms with E-state index in [9.17, 15) is 14.8 Å². The van der Waals surface area contributed by atoms with Crippen molar-refractivity contribution in [3.8, 4) is 0 Å². The Balaban J connectivity index is 1.34. The molecule has 37 heavy (non-hydrogen) atoms. The zero-order valence-corrected chi connectivity index (χ0v) is 24.6. The predicted molar refractivity (Wildman–Crippen MR) is 148 cm³/mol. The molecule has 3 amide bonds. The van der Waals surface area contributed by atoms with Gasteiger partial charge in [-0.25, -0.2) is 4.79 Å². The summed E-state index contributed by atoms with van der Waals surface area (Å²) < 4.78 is 3.10. The highest BCUT2D eigenvalue weighted by Crippen LogP contribution is 2.45. The van der Waals surface area contributed by atoms with Gasteiger partial charge in [-0.1, -0.05) is 27.5 Å². The van der Waals surface area contributed by atoms with Gasteiger partial charge in [0, 0.05) is 52.4 Å². The number of hydrogen-bond donors (Lipinski definition) is 2. The lowest BCUT2D eigenvalue weighted by molar-refractivity contribution is -0.911. The largest absolute Gasteiger partial charge is 0.351 e. The molecule has 1 aromatic heterocycles. The van der Waals surface area contributed by atoms with Gasteiger partial charge in [0.05, 0.1) is 10.4 Å². The minimum atomic E-state index is -0.376. The monoisotopic (exact) mass is 653 g/mol. The number of carbonyl (C=O) groups is 2. The third-order valence-corrected chi connectivity index (χ3v) is 9.64. The summed E-state index contributed by atoms with van der Waals surface area (Å²) in [5.74, 6) is 0.767. The number of nitrogens with zero attached hydrogens (tertiary/aromatic N) is 3. The molecule has 0 spiro atoms. The fraction of sp³-hybridized carbons (Fsp3) is 0.519. The number of primary amides is 1. The number of amides is 3. The van der Waals surface area contributed by atoms with Gasteiger partial charge in [-0.05, 0) is 95.6 Å². The molecule has 1 aromatic carbocycles. The fourth-order valence-corrected chi connectivity index (χ4v) is 8.02. The molecular formula is C27H32Br2ClN4O3+. The van der Waals surface area contributed by atoms with E-state index in [4.69, 9.17) is 17.3 Å². The number of urea groups is 1. The van der Waals surface area contributed by atoms with Crippen LogP contribution in [0.3, 0.4) is 0 Å². The van der Waals surface area contributed by atoms with Gasteiger partial charge in [-0.15, -0.1) is 0 Å². The van der Waals surface area contributed by atoms with Crippen LogP contribution in [-0.4, -0.2) is 53.1 Å². The van der Waals surface area contributed by atoms with Crippen LogP contribution in [-0.2, 0) is 17.6 Å². The number of nitrogens with two attached hydrogens (primary N) is 1. The molecule has 3 heterocycles. The molecule has 3 N–H and O–H groups in total. The quantitative estimate of drug-likeness (QED) is 0.359. The molecule has 2 aromatic rings. The first kappa shape index (κ1) is 26.8. The Morgan fingerprint density at radius 3 is 2.32 bits per heavy atom. The highest BCUT2D eigenvalue weighted by molar-refractivity contribution is 9.10. The van der Waals surface area contributed by atoms with E-state index in [0.717, 1.165) is 58.7 Å². The number of benzene rings is 1. The number of hydrogen-bond acceptors (Lipinski definition) is 3. The van der Waals surface area contributed by atoms with Gasteiger partial charge in [0.15, 0.2) is 0 Å². The standard InChI is InChI=1S/C27H31Br2ClN4O3/c28-20-12-19-2-1-18-13-21(30)14-22(29)24(18)25(26(19)34(37)15-20)17-5-9-32(10-6-17)23(35)11-16-3-7-33(8-4-16)27(31)36/h12-17,25H,1-11H2,(H2-,31,36,37)/p+1/t25-/m0/s1. The maximum Gasteiger partial charge on any atom is 0.314 e. The summed E-state index contributed by atoms with van der Waals surface area (Å²) in [5.41, 5.74) is 9.84. The third-order valence-electron chi connectivity index (χ3n) is 8.34. The van der Waals surface area contributed by atoms with E-state index >= 15 is 0 Å². The molecule has 0 radical (unpaired) electrons. The molecule has 10 heteroatoms. The second kappa shape index (κ2) is 11.1. The van der Waals surface area contributed by atoms with Gasteiger partial charge in [0.1, 0.15) is 0 Å². The molecule has 3 aliphatic rings. The number of piperidine rings is 2. The van der Waals surface area contributed by atoms with E-state index in [1.54, 1.807) is 11.1 Å². The van der Waals surface area contributed by atoms with Crippen LogP contribution in [0.2, 0.25) is 5.02 Å². The van der Waals surface area contributed by atoms with Gasteiger partial charge in [0.2, 0.25) is 17.8 Å². The maximum atomic E-state index is 13.1. The average Bonchev–Trinajstić information content (AvgIpc) is 3.02. The van der Waals surface area contributed by atoms with E-state index in [2.05, 4.69) is 44.0 Å². The summed E-state index contributed by atoms with van der Waals surface area (Å²) in [7, 11) is 0. The van der Waals surface area contributed by atoms with Crippen LogP contribution >= 0.6 is 43.5 Å². The van der Waals surface area contributed by atoms with Crippen molar-refractivity contribution in [3.63, 3.8) is 0 Å². The van der Waals surface area contributed by atoms with Crippen molar-refractivity contribution >= 4 is 55.4 Å². The van der Waals surface area contributed by atoms with Crippen molar-refractivity contribution in [2.24, 2.45) is 17.6 Å². The molecule has 0 saturated carbocycles. The number of pyridine rings is 1. The Kier molecular flexibility index (Phi) is 8.03.